The van der Waals surface area contributed by atoms with Gasteiger partial charge in [0.15, 0.2) is 0 Å². The molecule has 6 heteroatoms. The zero-order valence-corrected chi connectivity index (χ0v) is 16.8. The fourth-order valence-electron chi connectivity index (χ4n) is 4.20. The SMILES string of the molecule is CCN1CCC(c2nn(-c3cc(Cl)ccc3Cl)c3c2CCCCN3)CC1. The van der Waals surface area contributed by atoms with Gasteiger partial charge in [0.1, 0.15) is 5.82 Å². The molecule has 0 radical (unpaired) electrons. The maximum atomic E-state index is 6.49. The molecule has 26 heavy (non-hydrogen) atoms. The summed E-state index contributed by atoms with van der Waals surface area (Å²) in [6, 6.07) is 5.58. The Balaban J connectivity index is 1.76. The molecule has 0 amide bonds. The lowest BCUT2D eigenvalue weighted by Crippen LogP contribution is -2.33. The standard InChI is InChI=1S/C20H26Cl2N4/c1-2-25-11-8-14(9-12-25)19-16-5-3-4-10-23-20(16)26(24-19)18-13-15(21)6-7-17(18)22/h6-7,13-14,23H,2-5,8-12H2,1H3. The lowest BCUT2D eigenvalue weighted by molar-refractivity contribution is 0.220. The largest absolute Gasteiger partial charge is 0.370 e. The van der Waals surface area contributed by atoms with Crippen molar-refractivity contribution in [3.63, 3.8) is 0 Å². The number of nitrogens with one attached hydrogen (secondary N) is 1. The summed E-state index contributed by atoms with van der Waals surface area (Å²) in [4.78, 5) is 2.53. The van der Waals surface area contributed by atoms with Crippen LogP contribution in [0.5, 0.6) is 0 Å². The minimum atomic E-state index is 0.533. The van der Waals surface area contributed by atoms with E-state index in [9.17, 15) is 0 Å². The normalized spacial score (nSPS) is 19.0. The highest BCUT2D eigenvalue weighted by Gasteiger charge is 2.29. The molecule has 0 spiro atoms. The van der Waals surface area contributed by atoms with E-state index in [-0.39, 0.29) is 0 Å². The van der Waals surface area contributed by atoms with Crippen LogP contribution in [-0.4, -0.2) is 40.9 Å². The van der Waals surface area contributed by atoms with Gasteiger partial charge < -0.3 is 10.2 Å². The lowest BCUT2D eigenvalue weighted by Gasteiger charge is -2.30. The summed E-state index contributed by atoms with van der Waals surface area (Å²) < 4.78 is 2.00. The van der Waals surface area contributed by atoms with Crippen molar-refractivity contribution in [2.45, 2.75) is 44.9 Å². The Hall–Kier alpha value is -1.23. The maximum Gasteiger partial charge on any atom is 0.133 e. The molecule has 1 aromatic carbocycles. The van der Waals surface area contributed by atoms with E-state index in [2.05, 4.69) is 17.1 Å². The molecular weight excluding hydrogens is 367 g/mol. The van der Waals surface area contributed by atoms with Crippen molar-refractivity contribution in [2.75, 3.05) is 31.5 Å². The van der Waals surface area contributed by atoms with Crippen LogP contribution in [0.3, 0.4) is 0 Å². The number of piperidine rings is 1. The third kappa shape index (κ3) is 3.47. The molecule has 0 atom stereocenters. The zero-order valence-electron chi connectivity index (χ0n) is 15.3. The number of benzene rings is 1. The molecule has 1 N–H and O–H groups in total. The van der Waals surface area contributed by atoms with E-state index in [4.69, 9.17) is 28.3 Å². The molecule has 1 aromatic heterocycles. The first-order valence-corrected chi connectivity index (χ1v) is 10.5. The van der Waals surface area contributed by atoms with Gasteiger partial charge in [-0.2, -0.15) is 5.10 Å². The molecule has 0 saturated carbocycles. The van der Waals surface area contributed by atoms with Gasteiger partial charge in [0, 0.05) is 23.0 Å². The molecule has 2 aromatic rings. The van der Waals surface area contributed by atoms with Gasteiger partial charge in [-0.3, -0.25) is 0 Å². The number of likely N-dealkylation sites (tertiary alicyclic amines) is 1. The summed E-state index contributed by atoms with van der Waals surface area (Å²) in [5, 5.41) is 10.0. The van der Waals surface area contributed by atoms with Crippen molar-refractivity contribution < 1.29 is 0 Å². The Labute approximate surface area is 165 Å². The van der Waals surface area contributed by atoms with Crippen molar-refractivity contribution >= 4 is 29.0 Å². The number of halogens is 2. The molecule has 3 heterocycles. The van der Waals surface area contributed by atoms with Gasteiger partial charge in [-0.05, 0) is 69.9 Å². The summed E-state index contributed by atoms with van der Waals surface area (Å²) in [6.45, 7) is 6.68. The highest BCUT2D eigenvalue weighted by Crippen LogP contribution is 2.37. The number of hydrogen-bond acceptors (Lipinski definition) is 3. The number of fused-ring (bicyclic) bond motifs is 1. The fraction of sp³-hybridized carbons (Fsp3) is 0.550. The van der Waals surface area contributed by atoms with Crippen LogP contribution in [0, 0.1) is 0 Å². The Kier molecular flexibility index (Phi) is 5.44. The predicted molar refractivity (Wildman–Crippen MR) is 109 cm³/mol. The molecule has 140 valence electrons. The van der Waals surface area contributed by atoms with Crippen LogP contribution in [0.1, 0.15) is 49.8 Å². The molecule has 2 aliphatic heterocycles. The minimum absolute atomic E-state index is 0.533. The first-order chi connectivity index (χ1) is 12.7. The maximum absolute atomic E-state index is 6.49. The highest BCUT2D eigenvalue weighted by molar-refractivity contribution is 6.34. The van der Waals surface area contributed by atoms with Gasteiger partial charge in [0.05, 0.1) is 16.4 Å². The summed E-state index contributed by atoms with van der Waals surface area (Å²) >= 11 is 12.7. The molecule has 4 nitrogen and oxygen atoms in total. The molecule has 0 bridgehead atoms. The smallest absolute Gasteiger partial charge is 0.133 e. The second kappa shape index (κ2) is 7.79. The van der Waals surface area contributed by atoms with E-state index < -0.39 is 0 Å². The lowest BCUT2D eigenvalue weighted by atomic mass is 9.90. The van der Waals surface area contributed by atoms with Crippen molar-refractivity contribution in [3.05, 3.63) is 39.5 Å². The molecule has 4 rings (SSSR count). The molecule has 1 saturated heterocycles. The predicted octanol–water partition coefficient (Wildman–Crippen LogP) is 5.13. The zero-order chi connectivity index (χ0) is 18.1. The number of nitrogens with zero attached hydrogens (tertiary/aromatic N) is 3. The Morgan fingerprint density at radius 1 is 1.19 bits per heavy atom. The highest BCUT2D eigenvalue weighted by atomic mass is 35.5. The number of anilines is 1. The van der Waals surface area contributed by atoms with Gasteiger partial charge in [-0.25, -0.2) is 4.68 Å². The first-order valence-electron chi connectivity index (χ1n) is 9.70. The van der Waals surface area contributed by atoms with Gasteiger partial charge in [-0.15, -0.1) is 0 Å². The molecule has 2 aliphatic rings. The van der Waals surface area contributed by atoms with Crippen LogP contribution in [-0.2, 0) is 6.42 Å². The molecular formula is C20H26Cl2N4. The van der Waals surface area contributed by atoms with Crippen LogP contribution < -0.4 is 5.32 Å². The molecule has 1 fully saturated rings. The average Bonchev–Trinajstić information content (AvgIpc) is 2.85. The van der Waals surface area contributed by atoms with Crippen molar-refractivity contribution in [2.24, 2.45) is 0 Å². The van der Waals surface area contributed by atoms with Crippen LogP contribution in [0.4, 0.5) is 5.82 Å². The fourth-order valence-corrected chi connectivity index (χ4v) is 4.57. The third-order valence-corrected chi connectivity index (χ3v) is 6.27. The molecule has 0 unspecified atom stereocenters. The van der Waals surface area contributed by atoms with E-state index in [0.717, 1.165) is 44.1 Å². The summed E-state index contributed by atoms with van der Waals surface area (Å²) in [5.41, 5.74) is 3.51. The van der Waals surface area contributed by atoms with E-state index >= 15 is 0 Å². The second-order valence-corrected chi connectivity index (χ2v) is 8.16. The Bertz CT molecular complexity index is 778. The molecule has 0 aliphatic carbocycles. The Morgan fingerprint density at radius 2 is 2.00 bits per heavy atom. The first kappa shape index (κ1) is 18.1. The van der Waals surface area contributed by atoms with Crippen molar-refractivity contribution in [3.8, 4) is 5.69 Å². The van der Waals surface area contributed by atoms with Crippen LogP contribution >= 0.6 is 23.2 Å². The van der Waals surface area contributed by atoms with Gasteiger partial charge in [0.2, 0.25) is 0 Å². The third-order valence-electron chi connectivity index (χ3n) is 5.72. The van der Waals surface area contributed by atoms with Gasteiger partial charge in [0.25, 0.3) is 0 Å². The van der Waals surface area contributed by atoms with Crippen LogP contribution in [0.2, 0.25) is 10.0 Å². The van der Waals surface area contributed by atoms with Gasteiger partial charge in [-0.1, -0.05) is 30.1 Å². The number of hydrogen-bond donors (Lipinski definition) is 1. The van der Waals surface area contributed by atoms with Crippen molar-refractivity contribution in [1.29, 1.82) is 0 Å². The monoisotopic (exact) mass is 392 g/mol. The van der Waals surface area contributed by atoms with Crippen LogP contribution in [0.15, 0.2) is 18.2 Å². The topological polar surface area (TPSA) is 33.1 Å². The second-order valence-electron chi connectivity index (χ2n) is 7.31. The van der Waals surface area contributed by atoms with E-state index in [0.29, 0.717) is 16.0 Å². The summed E-state index contributed by atoms with van der Waals surface area (Å²) in [5.74, 6) is 1.64. The van der Waals surface area contributed by atoms with Gasteiger partial charge >= 0.3 is 0 Å². The quantitative estimate of drug-likeness (QED) is 0.785. The Morgan fingerprint density at radius 3 is 2.77 bits per heavy atom. The summed E-state index contributed by atoms with van der Waals surface area (Å²) in [7, 11) is 0. The van der Waals surface area contributed by atoms with Crippen molar-refractivity contribution in [1.82, 2.24) is 14.7 Å². The summed E-state index contributed by atoms with van der Waals surface area (Å²) in [6.07, 6.45) is 5.84. The van der Waals surface area contributed by atoms with Crippen LogP contribution in [0.25, 0.3) is 5.69 Å². The number of rotatable bonds is 3. The average molecular weight is 393 g/mol. The van der Waals surface area contributed by atoms with E-state index in [1.165, 1.54) is 36.9 Å². The van der Waals surface area contributed by atoms with E-state index in [1.54, 1.807) is 0 Å². The van der Waals surface area contributed by atoms with E-state index in [1.807, 2.05) is 22.9 Å². The minimum Gasteiger partial charge on any atom is -0.370 e. The number of aromatic nitrogens is 2.